The van der Waals surface area contributed by atoms with E-state index in [0.29, 0.717) is 13.2 Å². The minimum absolute atomic E-state index is 0.141. The first-order chi connectivity index (χ1) is 8.91. The molecule has 1 rings (SSSR count). The molecule has 0 aliphatic carbocycles. The summed E-state index contributed by atoms with van der Waals surface area (Å²) in [7, 11) is -1.56. The number of allylic oxidation sites excluding steroid dienone is 2. The first kappa shape index (κ1) is 16.7. The lowest BCUT2D eigenvalue weighted by molar-refractivity contribution is 0.365. The number of rotatable bonds is 6. The van der Waals surface area contributed by atoms with Gasteiger partial charge in [-0.15, -0.1) is 0 Å². The van der Waals surface area contributed by atoms with Crippen LogP contribution in [-0.4, -0.2) is 28.4 Å². The molecule has 1 heterocycles. The van der Waals surface area contributed by atoms with Crippen LogP contribution in [0.3, 0.4) is 0 Å². The van der Waals surface area contributed by atoms with Crippen LogP contribution in [0.15, 0.2) is 23.8 Å². The second kappa shape index (κ2) is 7.46. The summed E-state index contributed by atoms with van der Waals surface area (Å²) in [5.74, 6) is 2.00. The molecule has 0 radical (unpaired) electrons. The van der Waals surface area contributed by atoms with Gasteiger partial charge in [0.2, 0.25) is 0 Å². The van der Waals surface area contributed by atoms with Crippen molar-refractivity contribution in [2.24, 2.45) is 0 Å². The van der Waals surface area contributed by atoms with Crippen LogP contribution in [0.2, 0.25) is 16.6 Å². The Balaban J connectivity index is 2.76. The summed E-state index contributed by atoms with van der Waals surface area (Å²) in [6.07, 6.45) is 4.31. The highest BCUT2D eigenvalue weighted by molar-refractivity contribution is 6.88. The fourth-order valence-electron chi connectivity index (χ4n) is 3.44. The Hall–Kier alpha value is -0.318. The van der Waals surface area contributed by atoms with Gasteiger partial charge in [-0.1, -0.05) is 65.4 Å². The molecule has 0 unspecified atom stereocenters. The van der Waals surface area contributed by atoms with Crippen molar-refractivity contribution in [3.63, 3.8) is 0 Å². The van der Waals surface area contributed by atoms with Crippen molar-refractivity contribution in [3.8, 4) is 0 Å². The third-order valence-corrected chi connectivity index (χ3v) is 11.2. The van der Waals surface area contributed by atoms with E-state index in [2.05, 4.69) is 59.4 Å². The van der Waals surface area contributed by atoms with Gasteiger partial charge in [0, 0.05) is 0 Å². The molecule has 0 atom stereocenters. The molecule has 1 fully saturated rings. The molecule has 0 saturated carbocycles. The van der Waals surface area contributed by atoms with Crippen LogP contribution in [0.5, 0.6) is 0 Å². The van der Waals surface area contributed by atoms with E-state index in [9.17, 15) is 0 Å². The Morgan fingerprint density at radius 2 is 1.32 bits per heavy atom. The van der Waals surface area contributed by atoms with Crippen molar-refractivity contribution in [3.05, 3.63) is 23.8 Å². The lowest BCUT2D eigenvalue weighted by Crippen LogP contribution is -2.42. The minimum atomic E-state index is -1.42. The summed E-state index contributed by atoms with van der Waals surface area (Å²) < 4.78 is 10.8. The molecule has 108 valence electrons. The van der Waals surface area contributed by atoms with Crippen LogP contribution in [-0.2, 0) is 9.31 Å². The van der Waals surface area contributed by atoms with E-state index >= 15 is 0 Å². The van der Waals surface area contributed by atoms with Gasteiger partial charge < -0.3 is 9.31 Å². The monoisotopic (exact) mass is 280 g/mol. The van der Waals surface area contributed by atoms with Gasteiger partial charge in [0.05, 0.1) is 21.3 Å². The maximum Gasteiger partial charge on any atom is 0.486 e. The number of hydrogen-bond acceptors (Lipinski definition) is 2. The normalized spacial score (nSPS) is 18.1. The van der Waals surface area contributed by atoms with Crippen molar-refractivity contribution >= 4 is 15.2 Å². The minimum Gasteiger partial charge on any atom is -0.405 e. The van der Waals surface area contributed by atoms with E-state index in [-0.39, 0.29) is 7.12 Å². The van der Waals surface area contributed by atoms with Gasteiger partial charge in [-0.3, -0.25) is 0 Å². The van der Waals surface area contributed by atoms with E-state index in [1.54, 1.807) is 0 Å². The lowest BCUT2D eigenvalue weighted by Gasteiger charge is -2.40. The molecule has 0 N–H and O–H groups in total. The third-order valence-electron chi connectivity index (χ3n) is 4.41. The van der Waals surface area contributed by atoms with Gasteiger partial charge in [-0.25, -0.2) is 0 Å². The fraction of sp³-hybridized carbons (Fsp3) is 0.733. The molecular formula is C15H29BO2Si. The van der Waals surface area contributed by atoms with Gasteiger partial charge in [-0.2, -0.15) is 0 Å². The van der Waals surface area contributed by atoms with Crippen molar-refractivity contribution in [1.82, 2.24) is 0 Å². The van der Waals surface area contributed by atoms with Gasteiger partial charge in [0.25, 0.3) is 0 Å². The Bertz CT molecular complexity index is 296. The fourth-order valence-corrected chi connectivity index (χ4v) is 9.04. The largest absolute Gasteiger partial charge is 0.486 e. The summed E-state index contributed by atoms with van der Waals surface area (Å²) in [4.78, 5) is 0. The molecule has 2 nitrogen and oxygen atoms in total. The third kappa shape index (κ3) is 4.07. The molecule has 1 aliphatic rings. The molecule has 0 spiro atoms. The van der Waals surface area contributed by atoms with Gasteiger partial charge in [0.1, 0.15) is 0 Å². The standard InChI is InChI=1S/C15H29BO2Si/c1-13(2)19(14(3)4,15(5)6)12-8-7-9-16-17-10-11-18-16/h7-9,12-15H,10-11H2,1-6H3/b9-7+,12-8+. The molecule has 1 aliphatic heterocycles. The van der Waals surface area contributed by atoms with Gasteiger partial charge >= 0.3 is 7.12 Å². The van der Waals surface area contributed by atoms with Crippen molar-refractivity contribution in [1.29, 1.82) is 0 Å². The summed E-state index contributed by atoms with van der Waals surface area (Å²) in [6.45, 7) is 15.7. The predicted molar refractivity (Wildman–Crippen MR) is 87.0 cm³/mol. The lowest BCUT2D eigenvalue weighted by atomic mass is 9.91. The zero-order valence-electron chi connectivity index (χ0n) is 13.3. The first-order valence-electron chi connectivity index (χ1n) is 7.50. The first-order valence-corrected chi connectivity index (χ1v) is 9.81. The SMILES string of the molecule is CC(C)[Si](/C=C/C=C/B1OCCO1)(C(C)C)C(C)C. The molecular weight excluding hydrogens is 251 g/mol. The summed E-state index contributed by atoms with van der Waals surface area (Å²) in [5, 5.41) is 0. The average molecular weight is 280 g/mol. The molecule has 0 aromatic rings. The number of hydrogen-bond donors (Lipinski definition) is 0. The van der Waals surface area contributed by atoms with E-state index in [1.165, 1.54) is 0 Å². The second-order valence-electron chi connectivity index (χ2n) is 6.32. The highest BCUT2D eigenvalue weighted by atomic mass is 28.3. The Morgan fingerprint density at radius 1 is 0.842 bits per heavy atom. The van der Waals surface area contributed by atoms with E-state index in [0.717, 1.165) is 16.6 Å². The van der Waals surface area contributed by atoms with Gasteiger partial charge in [-0.05, 0) is 16.6 Å². The summed E-state index contributed by atoms with van der Waals surface area (Å²) >= 11 is 0. The maximum atomic E-state index is 5.40. The topological polar surface area (TPSA) is 18.5 Å². The van der Waals surface area contributed by atoms with Crippen LogP contribution in [0.25, 0.3) is 0 Å². The molecule has 1 saturated heterocycles. The molecule has 0 amide bonds. The van der Waals surface area contributed by atoms with E-state index in [1.807, 2.05) is 5.98 Å². The van der Waals surface area contributed by atoms with Gasteiger partial charge in [0.15, 0.2) is 0 Å². The zero-order valence-corrected chi connectivity index (χ0v) is 14.3. The Labute approximate surface area is 120 Å². The second-order valence-corrected chi connectivity index (χ2v) is 12.1. The molecule has 19 heavy (non-hydrogen) atoms. The average Bonchev–Trinajstić information content (AvgIpc) is 2.80. The van der Waals surface area contributed by atoms with E-state index in [4.69, 9.17) is 9.31 Å². The smallest absolute Gasteiger partial charge is 0.405 e. The molecule has 0 bridgehead atoms. The van der Waals surface area contributed by atoms with Crippen molar-refractivity contribution in [2.45, 2.75) is 58.2 Å². The summed E-state index contributed by atoms with van der Waals surface area (Å²) in [5.41, 5.74) is 4.79. The zero-order chi connectivity index (χ0) is 14.5. The van der Waals surface area contributed by atoms with Crippen LogP contribution in [0.1, 0.15) is 41.5 Å². The summed E-state index contributed by atoms with van der Waals surface area (Å²) in [6, 6.07) is 0. The van der Waals surface area contributed by atoms with Crippen LogP contribution < -0.4 is 0 Å². The molecule has 0 aromatic carbocycles. The Morgan fingerprint density at radius 3 is 1.74 bits per heavy atom. The van der Waals surface area contributed by atoms with E-state index < -0.39 is 8.07 Å². The highest BCUT2D eigenvalue weighted by Crippen LogP contribution is 2.42. The van der Waals surface area contributed by atoms with Crippen molar-refractivity contribution in [2.75, 3.05) is 13.2 Å². The Kier molecular flexibility index (Phi) is 6.57. The van der Waals surface area contributed by atoms with Crippen LogP contribution in [0, 0.1) is 0 Å². The quantitative estimate of drug-likeness (QED) is 0.530. The predicted octanol–water partition coefficient (Wildman–Crippen LogP) is 4.39. The van der Waals surface area contributed by atoms with Crippen LogP contribution in [0.4, 0.5) is 0 Å². The maximum absolute atomic E-state index is 5.40. The molecule has 0 aromatic heterocycles. The van der Waals surface area contributed by atoms with Crippen LogP contribution >= 0.6 is 0 Å². The van der Waals surface area contributed by atoms with Crippen molar-refractivity contribution < 1.29 is 9.31 Å². The highest BCUT2D eigenvalue weighted by Gasteiger charge is 2.39. The molecule has 4 heteroatoms.